The molecule has 0 bridgehead atoms. The Kier molecular flexibility index (Phi) is 6.89. The summed E-state index contributed by atoms with van der Waals surface area (Å²) in [6.07, 6.45) is 0. The average Bonchev–Trinajstić information content (AvgIpc) is 2.15. The van der Waals surface area contributed by atoms with E-state index in [4.69, 9.17) is 0 Å². The minimum atomic E-state index is -4.76. The topological polar surface area (TPSA) is 117 Å². The third-order valence-corrected chi connectivity index (χ3v) is 5.30. The summed E-state index contributed by atoms with van der Waals surface area (Å²) in [6.45, 7) is 1.26. The molecule has 0 radical (unpaired) electrons. The molecule has 0 N–H and O–H groups in total. The summed E-state index contributed by atoms with van der Waals surface area (Å²) in [6, 6.07) is 0.739. The predicted octanol–water partition coefficient (Wildman–Crippen LogP) is -3.14. The number of hydrogen-bond donors (Lipinski definition) is 0. The summed E-state index contributed by atoms with van der Waals surface area (Å²) in [7, 11) is -8.49. The van der Waals surface area contributed by atoms with E-state index in [9.17, 15) is 21.4 Å². The molecule has 1 rings (SSSR count). The van der Waals surface area contributed by atoms with E-state index in [1.807, 2.05) is 0 Å². The Morgan fingerprint density at radius 2 is 1.83 bits per heavy atom. The number of rotatable bonds is 4. The van der Waals surface area contributed by atoms with Crippen LogP contribution < -0.4 is 29.6 Å². The van der Waals surface area contributed by atoms with E-state index in [0.29, 0.717) is 0 Å². The van der Waals surface area contributed by atoms with E-state index in [1.165, 1.54) is 6.92 Å². The van der Waals surface area contributed by atoms with E-state index in [2.05, 4.69) is 26.1 Å². The molecule has 1 aromatic rings. The van der Waals surface area contributed by atoms with E-state index in [0.717, 1.165) is 6.07 Å². The van der Waals surface area contributed by atoms with Crippen LogP contribution in [0.15, 0.2) is 16.0 Å². The number of alkyl halides is 1. The van der Waals surface area contributed by atoms with Crippen molar-refractivity contribution in [2.45, 2.75) is 16.8 Å². The number of hydrogen-bond acceptors (Lipinski definition) is 7. The number of sulfone groups is 1. The third kappa shape index (κ3) is 4.51. The normalized spacial score (nSPS) is 11.9. The quantitative estimate of drug-likeness (QED) is 0.314. The zero-order chi connectivity index (χ0) is 13.3. The first-order valence-corrected chi connectivity index (χ1v) is 8.45. The van der Waals surface area contributed by atoms with Crippen molar-refractivity contribution < 1.29 is 50.9 Å². The van der Waals surface area contributed by atoms with Crippen molar-refractivity contribution in [3.63, 3.8) is 0 Å². The van der Waals surface area contributed by atoms with Gasteiger partial charge in [0.2, 0.25) is 0 Å². The van der Waals surface area contributed by atoms with Crippen LogP contribution in [-0.2, 0) is 20.0 Å². The van der Waals surface area contributed by atoms with E-state index >= 15 is 0 Å². The fourth-order valence-corrected chi connectivity index (χ4v) is 3.92. The smallest absolute Gasteiger partial charge is 0.744 e. The number of aryl methyl sites for hydroxylation is 1. The van der Waals surface area contributed by atoms with Gasteiger partial charge in [0.05, 0.1) is 16.3 Å². The predicted molar refractivity (Wildman–Crippen MR) is 60.6 cm³/mol. The molecular formula is C7H8BrN2NaO5S2. The van der Waals surface area contributed by atoms with Crippen LogP contribution in [0.25, 0.3) is 0 Å². The van der Waals surface area contributed by atoms with Crippen molar-refractivity contribution in [1.29, 1.82) is 0 Å². The second-order valence-corrected chi connectivity index (χ2v) is 7.29. The molecule has 0 aliphatic heterocycles. The van der Waals surface area contributed by atoms with Gasteiger partial charge < -0.3 is 4.55 Å². The van der Waals surface area contributed by atoms with Crippen molar-refractivity contribution >= 4 is 35.9 Å². The van der Waals surface area contributed by atoms with Crippen LogP contribution in [0.2, 0.25) is 0 Å². The second-order valence-electron chi connectivity index (χ2n) is 3.09. The van der Waals surface area contributed by atoms with Gasteiger partial charge in [-0.3, -0.25) is 0 Å². The summed E-state index contributed by atoms with van der Waals surface area (Å²) in [5.74, 6) is -0.261. The summed E-state index contributed by atoms with van der Waals surface area (Å²) < 4.78 is 55.8. The largest absolute Gasteiger partial charge is 1.00 e. The van der Waals surface area contributed by atoms with Gasteiger partial charge >= 0.3 is 29.6 Å². The first-order valence-electron chi connectivity index (χ1n) is 4.27. The van der Waals surface area contributed by atoms with Gasteiger partial charge in [0, 0.05) is 5.33 Å². The maximum atomic E-state index is 11.6. The maximum Gasteiger partial charge on any atom is 1.00 e. The van der Waals surface area contributed by atoms with Crippen LogP contribution in [0.3, 0.4) is 0 Å². The van der Waals surface area contributed by atoms with Gasteiger partial charge in [-0.2, -0.15) is 5.10 Å². The molecule has 0 aromatic carbocycles. The number of aromatic nitrogens is 2. The van der Waals surface area contributed by atoms with Gasteiger partial charge in [0.15, 0.2) is 14.9 Å². The van der Waals surface area contributed by atoms with Crippen LogP contribution >= 0.6 is 15.9 Å². The van der Waals surface area contributed by atoms with E-state index in [1.54, 1.807) is 0 Å². The van der Waals surface area contributed by atoms with Gasteiger partial charge in [0.1, 0.15) is 10.1 Å². The minimum absolute atomic E-state index is 0. The Bertz CT molecular complexity index is 631. The molecule has 0 aliphatic carbocycles. The first-order chi connectivity index (χ1) is 7.68. The van der Waals surface area contributed by atoms with E-state index < -0.39 is 29.9 Å². The standard InChI is InChI=1S/C7H9BrN2O5S2.Na/c1-5-6(17(13,14)15)4-7(10-9-5)16(11,12)3-2-8;/h4H,2-3H2,1H3,(H,13,14,15);/q;+1/p-1. The number of nitrogens with zero attached hydrogens (tertiary/aromatic N) is 2. The zero-order valence-electron chi connectivity index (χ0n) is 9.62. The Labute approximate surface area is 135 Å². The Morgan fingerprint density at radius 3 is 2.28 bits per heavy atom. The van der Waals surface area contributed by atoms with Crippen LogP contribution in [0.1, 0.15) is 5.69 Å². The molecule has 0 spiro atoms. The summed E-state index contributed by atoms with van der Waals surface area (Å²) >= 11 is 2.95. The van der Waals surface area contributed by atoms with Crippen molar-refractivity contribution in [2.75, 3.05) is 11.1 Å². The fraction of sp³-hybridized carbons (Fsp3) is 0.429. The van der Waals surface area contributed by atoms with Crippen LogP contribution in [-0.4, -0.2) is 42.7 Å². The fourth-order valence-electron chi connectivity index (χ4n) is 1.03. The van der Waals surface area contributed by atoms with Gasteiger partial charge in [-0.05, 0) is 13.0 Å². The molecule has 0 aliphatic rings. The van der Waals surface area contributed by atoms with Crippen molar-refractivity contribution in [3.05, 3.63) is 11.8 Å². The van der Waals surface area contributed by atoms with Crippen LogP contribution in [0.4, 0.5) is 0 Å². The van der Waals surface area contributed by atoms with E-state index in [-0.39, 0.29) is 46.3 Å². The molecular weight excluding hydrogens is 359 g/mol. The molecule has 0 amide bonds. The van der Waals surface area contributed by atoms with Crippen molar-refractivity contribution in [2.24, 2.45) is 0 Å². The molecule has 7 nitrogen and oxygen atoms in total. The number of halogens is 1. The van der Waals surface area contributed by atoms with Gasteiger partial charge in [-0.1, -0.05) is 15.9 Å². The molecule has 96 valence electrons. The minimum Gasteiger partial charge on any atom is -0.744 e. The SMILES string of the molecule is Cc1nnc(S(=O)(=O)CCBr)cc1S(=O)(=O)[O-].[Na+]. The molecule has 0 atom stereocenters. The third-order valence-electron chi connectivity index (χ3n) is 1.84. The zero-order valence-corrected chi connectivity index (χ0v) is 14.8. The first kappa shape index (κ1) is 18.4. The Balaban J connectivity index is 0.00000289. The Hall–Kier alpha value is 0.420. The van der Waals surface area contributed by atoms with Crippen LogP contribution in [0, 0.1) is 6.92 Å². The summed E-state index contributed by atoms with van der Waals surface area (Å²) in [5, 5.41) is 6.41. The Morgan fingerprint density at radius 1 is 1.28 bits per heavy atom. The molecule has 0 saturated carbocycles. The van der Waals surface area contributed by atoms with Gasteiger partial charge in [-0.15, -0.1) is 5.10 Å². The molecule has 1 heterocycles. The van der Waals surface area contributed by atoms with Gasteiger partial charge in [0.25, 0.3) is 0 Å². The molecule has 1 aromatic heterocycles. The average molecular weight is 367 g/mol. The summed E-state index contributed by atoms with van der Waals surface area (Å²) in [4.78, 5) is -0.666. The monoisotopic (exact) mass is 366 g/mol. The molecule has 11 heteroatoms. The second kappa shape index (κ2) is 6.73. The molecule has 0 saturated heterocycles. The maximum absolute atomic E-state index is 11.6. The molecule has 0 unspecified atom stereocenters. The molecule has 0 fully saturated rings. The molecule has 18 heavy (non-hydrogen) atoms. The summed E-state index contributed by atoms with van der Waals surface area (Å²) in [5.41, 5.74) is -0.127. The van der Waals surface area contributed by atoms with Crippen molar-refractivity contribution in [3.8, 4) is 0 Å². The van der Waals surface area contributed by atoms with Gasteiger partial charge in [-0.25, -0.2) is 16.8 Å². The van der Waals surface area contributed by atoms with Crippen LogP contribution in [0.5, 0.6) is 0 Å². The van der Waals surface area contributed by atoms with Crippen molar-refractivity contribution in [1.82, 2.24) is 10.2 Å².